The number of thioether (sulfide) groups is 1. The van der Waals surface area contributed by atoms with Crippen LogP contribution in [0.15, 0.2) is 18.2 Å². The SMILES string of the molecule is CCC(C)CSCC(=O)c1ccc(O)cc1O. The fourth-order valence-electron chi connectivity index (χ4n) is 1.30. The lowest BCUT2D eigenvalue weighted by molar-refractivity contribution is 0.102. The standard InChI is InChI=1S/C13H18O3S/c1-3-9(2)7-17-8-13(16)11-5-4-10(14)6-12(11)15/h4-6,9,14-15H,3,7-8H2,1-2H3. The molecule has 3 nitrogen and oxygen atoms in total. The Kier molecular flexibility index (Phi) is 5.35. The number of ketones is 1. The fourth-order valence-corrected chi connectivity index (χ4v) is 2.40. The van der Waals surface area contributed by atoms with Crippen molar-refractivity contribution in [1.82, 2.24) is 0 Å². The first-order valence-electron chi connectivity index (χ1n) is 5.67. The molecule has 0 saturated carbocycles. The maximum atomic E-state index is 11.8. The lowest BCUT2D eigenvalue weighted by Crippen LogP contribution is -2.05. The van der Waals surface area contributed by atoms with Gasteiger partial charge in [-0.15, -0.1) is 0 Å². The zero-order valence-corrected chi connectivity index (χ0v) is 11.0. The third-order valence-electron chi connectivity index (χ3n) is 2.61. The van der Waals surface area contributed by atoms with Crippen molar-refractivity contribution in [1.29, 1.82) is 0 Å². The Balaban J connectivity index is 2.52. The van der Waals surface area contributed by atoms with E-state index in [0.717, 1.165) is 12.2 Å². The number of phenolic OH excluding ortho intramolecular Hbond substituents is 2. The monoisotopic (exact) mass is 254 g/mol. The smallest absolute Gasteiger partial charge is 0.176 e. The number of aromatic hydroxyl groups is 2. The van der Waals surface area contributed by atoms with Crippen molar-refractivity contribution in [2.45, 2.75) is 20.3 Å². The molecule has 1 aromatic rings. The summed E-state index contributed by atoms with van der Waals surface area (Å²) < 4.78 is 0. The van der Waals surface area contributed by atoms with Crippen LogP contribution >= 0.6 is 11.8 Å². The quantitative estimate of drug-likeness (QED) is 0.766. The lowest BCUT2D eigenvalue weighted by atomic mass is 10.1. The van der Waals surface area contributed by atoms with Gasteiger partial charge in [0.25, 0.3) is 0 Å². The molecule has 0 bridgehead atoms. The second kappa shape index (κ2) is 6.55. The van der Waals surface area contributed by atoms with E-state index in [0.29, 0.717) is 11.7 Å². The van der Waals surface area contributed by atoms with Gasteiger partial charge in [-0.2, -0.15) is 11.8 Å². The molecule has 2 N–H and O–H groups in total. The van der Waals surface area contributed by atoms with E-state index in [1.807, 2.05) is 0 Å². The summed E-state index contributed by atoms with van der Waals surface area (Å²) in [5.74, 6) is 1.62. The maximum Gasteiger partial charge on any atom is 0.176 e. The predicted octanol–water partition coefficient (Wildman–Crippen LogP) is 3.06. The number of benzene rings is 1. The van der Waals surface area contributed by atoms with Gasteiger partial charge in [-0.3, -0.25) is 4.79 Å². The third kappa shape index (κ3) is 4.30. The minimum Gasteiger partial charge on any atom is -0.508 e. The largest absolute Gasteiger partial charge is 0.508 e. The number of Topliss-reactive ketones (excluding diaryl/α,β-unsaturated/α-hetero) is 1. The molecule has 0 fully saturated rings. The zero-order chi connectivity index (χ0) is 12.8. The second-order valence-corrected chi connectivity index (χ2v) is 5.18. The average Bonchev–Trinajstić information content (AvgIpc) is 2.28. The molecule has 0 aliphatic carbocycles. The first-order chi connectivity index (χ1) is 8.04. The van der Waals surface area contributed by atoms with Crippen LogP contribution in [0.5, 0.6) is 11.5 Å². The Morgan fingerprint density at radius 1 is 1.41 bits per heavy atom. The molecule has 0 heterocycles. The summed E-state index contributed by atoms with van der Waals surface area (Å²) in [6.07, 6.45) is 1.10. The number of phenols is 2. The summed E-state index contributed by atoms with van der Waals surface area (Å²) in [5.41, 5.74) is 0.277. The molecule has 0 radical (unpaired) electrons. The molecule has 0 saturated heterocycles. The van der Waals surface area contributed by atoms with Crippen molar-refractivity contribution >= 4 is 17.5 Å². The molecule has 4 heteroatoms. The van der Waals surface area contributed by atoms with E-state index < -0.39 is 0 Å². The van der Waals surface area contributed by atoms with Crippen molar-refractivity contribution in [2.24, 2.45) is 5.92 Å². The number of hydrogen-bond acceptors (Lipinski definition) is 4. The summed E-state index contributed by atoms with van der Waals surface area (Å²) in [5, 5.41) is 18.6. The molecular weight excluding hydrogens is 236 g/mol. The van der Waals surface area contributed by atoms with Crippen molar-refractivity contribution in [3.05, 3.63) is 23.8 Å². The van der Waals surface area contributed by atoms with E-state index in [-0.39, 0.29) is 22.8 Å². The van der Waals surface area contributed by atoms with Gasteiger partial charge in [-0.1, -0.05) is 20.3 Å². The minimum absolute atomic E-state index is 0.0358. The minimum atomic E-state index is -0.154. The Hall–Kier alpha value is -1.16. The first-order valence-corrected chi connectivity index (χ1v) is 6.83. The molecule has 0 aliphatic heterocycles. The van der Waals surface area contributed by atoms with E-state index in [9.17, 15) is 9.90 Å². The van der Waals surface area contributed by atoms with Crippen molar-refractivity contribution in [3.63, 3.8) is 0 Å². The van der Waals surface area contributed by atoms with Crippen LogP contribution in [0.4, 0.5) is 0 Å². The van der Waals surface area contributed by atoms with Crippen LogP contribution < -0.4 is 0 Å². The van der Waals surface area contributed by atoms with E-state index >= 15 is 0 Å². The summed E-state index contributed by atoms with van der Waals surface area (Å²) in [7, 11) is 0. The van der Waals surface area contributed by atoms with Crippen LogP contribution in [0.3, 0.4) is 0 Å². The van der Waals surface area contributed by atoms with Crippen LogP contribution in [0.25, 0.3) is 0 Å². The summed E-state index contributed by atoms with van der Waals surface area (Å²) in [6, 6.07) is 4.05. The van der Waals surface area contributed by atoms with E-state index in [4.69, 9.17) is 5.11 Å². The van der Waals surface area contributed by atoms with Gasteiger partial charge in [0.15, 0.2) is 5.78 Å². The molecule has 1 unspecified atom stereocenters. The van der Waals surface area contributed by atoms with Gasteiger partial charge in [0.1, 0.15) is 11.5 Å². The lowest BCUT2D eigenvalue weighted by Gasteiger charge is -2.08. The normalized spacial score (nSPS) is 12.4. The molecule has 0 spiro atoms. The van der Waals surface area contributed by atoms with E-state index in [1.54, 1.807) is 11.8 Å². The van der Waals surface area contributed by atoms with Gasteiger partial charge in [0, 0.05) is 6.07 Å². The van der Waals surface area contributed by atoms with Gasteiger partial charge in [-0.25, -0.2) is 0 Å². The molecule has 0 aliphatic rings. The Morgan fingerprint density at radius 3 is 2.71 bits per heavy atom. The highest BCUT2D eigenvalue weighted by molar-refractivity contribution is 7.99. The summed E-state index contributed by atoms with van der Waals surface area (Å²) in [4.78, 5) is 11.8. The average molecular weight is 254 g/mol. The number of carbonyl (C=O) groups is 1. The Labute approximate surface area is 106 Å². The molecule has 0 amide bonds. The van der Waals surface area contributed by atoms with E-state index in [1.165, 1.54) is 18.2 Å². The van der Waals surface area contributed by atoms with Gasteiger partial charge in [0.2, 0.25) is 0 Å². The van der Waals surface area contributed by atoms with Crippen LogP contribution in [0.1, 0.15) is 30.6 Å². The van der Waals surface area contributed by atoms with Gasteiger partial charge >= 0.3 is 0 Å². The van der Waals surface area contributed by atoms with Gasteiger partial charge < -0.3 is 10.2 Å². The Morgan fingerprint density at radius 2 is 2.12 bits per heavy atom. The molecule has 1 rings (SSSR count). The third-order valence-corrected chi connectivity index (χ3v) is 3.89. The van der Waals surface area contributed by atoms with E-state index in [2.05, 4.69) is 13.8 Å². The number of hydrogen-bond donors (Lipinski definition) is 2. The zero-order valence-electron chi connectivity index (χ0n) is 10.1. The van der Waals surface area contributed by atoms with Crippen LogP contribution in [0, 0.1) is 5.92 Å². The van der Waals surface area contributed by atoms with Crippen molar-refractivity contribution in [3.8, 4) is 11.5 Å². The summed E-state index contributed by atoms with van der Waals surface area (Å²) >= 11 is 1.58. The second-order valence-electron chi connectivity index (χ2n) is 4.15. The Bertz CT molecular complexity index is 390. The van der Waals surface area contributed by atoms with Crippen LogP contribution in [-0.2, 0) is 0 Å². The molecule has 94 valence electrons. The van der Waals surface area contributed by atoms with Gasteiger partial charge in [0.05, 0.1) is 11.3 Å². The van der Waals surface area contributed by atoms with Crippen molar-refractivity contribution < 1.29 is 15.0 Å². The summed E-state index contributed by atoms with van der Waals surface area (Å²) in [6.45, 7) is 4.27. The highest BCUT2D eigenvalue weighted by Crippen LogP contribution is 2.24. The molecule has 17 heavy (non-hydrogen) atoms. The van der Waals surface area contributed by atoms with Crippen molar-refractivity contribution in [2.75, 3.05) is 11.5 Å². The molecule has 1 atom stereocenters. The predicted molar refractivity (Wildman–Crippen MR) is 70.9 cm³/mol. The van der Waals surface area contributed by atoms with Crippen LogP contribution in [-0.4, -0.2) is 27.5 Å². The first kappa shape index (κ1) is 13.9. The highest BCUT2D eigenvalue weighted by atomic mass is 32.2. The topological polar surface area (TPSA) is 57.5 Å². The van der Waals surface area contributed by atoms with Crippen LogP contribution in [0.2, 0.25) is 0 Å². The maximum absolute atomic E-state index is 11.8. The fraction of sp³-hybridized carbons (Fsp3) is 0.462. The molecular formula is C13H18O3S. The molecule has 0 aromatic heterocycles. The van der Waals surface area contributed by atoms with Gasteiger partial charge in [-0.05, 0) is 23.8 Å². The highest BCUT2D eigenvalue weighted by Gasteiger charge is 2.12. The number of rotatable bonds is 6. The molecule has 1 aromatic carbocycles. The number of carbonyl (C=O) groups excluding carboxylic acids is 1.